The summed E-state index contributed by atoms with van der Waals surface area (Å²) in [5.74, 6) is -0.283. The number of nitrogens with one attached hydrogen (secondary N) is 1. The second-order valence-electron chi connectivity index (χ2n) is 5.19. The van der Waals surface area contributed by atoms with E-state index in [2.05, 4.69) is 39.6 Å². The van der Waals surface area contributed by atoms with Gasteiger partial charge in [-0.25, -0.2) is 0 Å². The summed E-state index contributed by atoms with van der Waals surface area (Å²) >= 11 is 0. The zero-order valence-electron chi connectivity index (χ0n) is 12.2. The van der Waals surface area contributed by atoms with Crippen LogP contribution < -0.4 is 5.32 Å². The first-order valence-corrected chi connectivity index (χ1v) is 6.95. The first kappa shape index (κ1) is 17.5. The van der Waals surface area contributed by atoms with Crippen molar-refractivity contribution in [3.63, 3.8) is 0 Å². The summed E-state index contributed by atoms with van der Waals surface area (Å²) in [6.45, 7) is 4.39. The van der Waals surface area contributed by atoms with Crippen LogP contribution in [0.25, 0.3) is 0 Å². The highest BCUT2D eigenvalue weighted by atomic mass is 35.5. The maximum atomic E-state index is 11.6. The maximum Gasteiger partial charge on any atom is 0.268 e. The molecule has 1 aromatic rings. The fraction of sp³-hybridized carbons (Fsp3) is 0.467. The van der Waals surface area contributed by atoms with Crippen LogP contribution in [0, 0.1) is 0 Å². The van der Waals surface area contributed by atoms with Crippen molar-refractivity contribution in [2.24, 2.45) is 5.16 Å². The lowest BCUT2D eigenvalue weighted by molar-refractivity contribution is -0.115. The Morgan fingerprint density at radius 1 is 1.33 bits per heavy atom. The fourth-order valence-corrected chi connectivity index (χ4v) is 2.41. The van der Waals surface area contributed by atoms with Crippen LogP contribution in [-0.2, 0) is 11.3 Å². The molecular weight excluding hydrogens is 290 g/mol. The lowest BCUT2D eigenvalue weighted by Crippen LogP contribution is -2.45. The van der Waals surface area contributed by atoms with Gasteiger partial charge in [0.25, 0.3) is 5.91 Å². The number of hydrogen-bond acceptors (Lipinski definition) is 4. The van der Waals surface area contributed by atoms with E-state index in [1.54, 1.807) is 0 Å². The van der Waals surface area contributed by atoms with Crippen LogP contribution in [-0.4, -0.2) is 40.9 Å². The number of amides is 1. The van der Waals surface area contributed by atoms with Gasteiger partial charge in [0.05, 0.1) is 0 Å². The van der Waals surface area contributed by atoms with Gasteiger partial charge in [-0.3, -0.25) is 9.69 Å². The average Bonchev–Trinajstić information content (AvgIpc) is 2.49. The minimum Gasteiger partial charge on any atom is -0.410 e. The molecule has 1 saturated heterocycles. The van der Waals surface area contributed by atoms with Crippen molar-refractivity contribution in [1.29, 1.82) is 0 Å². The number of rotatable bonds is 4. The van der Waals surface area contributed by atoms with Gasteiger partial charge in [-0.2, -0.15) is 0 Å². The molecule has 0 bridgehead atoms. The number of oxime groups is 1. The van der Waals surface area contributed by atoms with E-state index in [4.69, 9.17) is 5.21 Å². The molecule has 1 aliphatic heterocycles. The monoisotopic (exact) mass is 311 g/mol. The molecule has 0 aromatic heterocycles. The standard InChI is InChI=1S/C15H21N3O2.ClH/c1-12(17-20)15(19)16-14-7-9-18(10-8-14)11-13-5-3-2-4-6-13;/h2-6,14,20H,7-11H2,1H3,(H,16,19);1H/b17-12+;. The van der Waals surface area contributed by atoms with Gasteiger partial charge in [0, 0.05) is 25.7 Å². The molecule has 0 unspecified atom stereocenters. The molecule has 6 heteroatoms. The molecule has 1 amide bonds. The lowest BCUT2D eigenvalue weighted by Gasteiger charge is -2.32. The van der Waals surface area contributed by atoms with Gasteiger partial charge in [-0.05, 0) is 25.3 Å². The minimum absolute atomic E-state index is 0. The van der Waals surface area contributed by atoms with E-state index in [0.717, 1.165) is 32.5 Å². The van der Waals surface area contributed by atoms with Gasteiger partial charge >= 0.3 is 0 Å². The number of likely N-dealkylation sites (tertiary alicyclic amines) is 1. The van der Waals surface area contributed by atoms with Crippen LogP contribution >= 0.6 is 12.4 Å². The number of hydrogen-bond donors (Lipinski definition) is 2. The van der Waals surface area contributed by atoms with Crippen molar-refractivity contribution in [2.45, 2.75) is 32.4 Å². The van der Waals surface area contributed by atoms with E-state index < -0.39 is 0 Å². The summed E-state index contributed by atoms with van der Waals surface area (Å²) in [5, 5.41) is 14.4. The molecule has 1 aromatic carbocycles. The van der Waals surface area contributed by atoms with Crippen LogP contribution in [0.2, 0.25) is 0 Å². The van der Waals surface area contributed by atoms with E-state index in [1.807, 2.05) is 6.07 Å². The van der Waals surface area contributed by atoms with E-state index in [1.165, 1.54) is 12.5 Å². The normalized spacial score (nSPS) is 17.1. The van der Waals surface area contributed by atoms with Gasteiger partial charge in [0.2, 0.25) is 0 Å². The largest absolute Gasteiger partial charge is 0.410 e. The second-order valence-corrected chi connectivity index (χ2v) is 5.19. The third-order valence-corrected chi connectivity index (χ3v) is 3.65. The zero-order chi connectivity index (χ0) is 14.4. The molecule has 0 spiro atoms. The third-order valence-electron chi connectivity index (χ3n) is 3.65. The summed E-state index contributed by atoms with van der Waals surface area (Å²) in [6.07, 6.45) is 1.86. The van der Waals surface area contributed by atoms with E-state index in [-0.39, 0.29) is 30.1 Å². The van der Waals surface area contributed by atoms with Crippen molar-refractivity contribution in [2.75, 3.05) is 13.1 Å². The van der Waals surface area contributed by atoms with Crippen molar-refractivity contribution in [3.8, 4) is 0 Å². The Hall–Kier alpha value is -1.59. The summed E-state index contributed by atoms with van der Waals surface area (Å²) in [6, 6.07) is 10.6. The average molecular weight is 312 g/mol. The number of carbonyl (C=O) groups excluding carboxylic acids is 1. The summed E-state index contributed by atoms with van der Waals surface area (Å²) < 4.78 is 0. The molecule has 5 nitrogen and oxygen atoms in total. The molecule has 0 aliphatic carbocycles. The number of piperidine rings is 1. The minimum atomic E-state index is -0.283. The lowest BCUT2D eigenvalue weighted by atomic mass is 10.0. The molecule has 21 heavy (non-hydrogen) atoms. The fourth-order valence-electron chi connectivity index (χ4n) is 2.41. The molecule has 1 aliphatic rings. The van der Waals surface area contributed by atoms with Crippen molar-refractivity contribution < 1.29 is 10.0 Å². The van der Waals surface area contributed by atoms with E-state index in [9.17, 15) is 4.79 Å². The third kappa shape index (κ3) is 5.36. The van der Waals surface area contributed by atoms with Crippen LogP contribution in [0.3, 0.4) is 0 Å². The SMILES string of the molecule is C/C(=N\O)C(=O)NC1CCN(Cc2ccccc2)CC1.Cl. The van der Waals surface area contributed by atoms with Gasteiger partial charge in [-0.15, -0.1) is 12.4 Å². The van der Waals surface area contributed by atoms with Crippen molar-refractivity contribution >= 4 is 24.0 Å². The van der Waals surface area contributed by atoms with Crippen molar-refractivity contribution in [3.05, 3.63) is 35.9 Å². The number of halogens is 1. The zero-order valence-corrected chi connectivity index (χ0v) is 13.0. The highest BCUT2D eigenvalue weighted by Crippen LogP contribution is 2.13. The first-order chi connectivity index (χ1) is 9.69. The summed E-state index contributed by atoms with van der Waals surface area (Å²) in [7, 11) is 0. The number of nitrogens with zero attached hydrogens (tertiary/aromatic N) is 2. The summed E-state index contributed by atoms with van der Waals surface area (Å²) in [4.78, 5) is 14.0. The van der Waals surface area contributed by atoms with Crippen molar-refractivity contribution in [1.82, 2.24) is 10.2 Å². The van der Waals surface area contributed by atoms with Crippen LogP contribution in [0.5, 0.6) is 0 Å². The smallest absolute Gasteiger partial charge is 0.268 e. The Labute approximate surface area is 131 Å². The van der Waals surface area contributed by atoms with E-state index in [0.29, 0.717) is 0 Å². The first-order valence-electron chi connectivity index (χ1n) is 6.95. The molecule has 116 valence electrons. The highest BCUT2D eigenvalue weighted by Gasteiger charge is 2.21. The number of benzene rings is 1. The van der Waals surface area contributed by atoms with Crippen LogP contribution in [0.1, 0.15) is 25.3 Å². The van der Waals surface area contributed by atoms with Crippen LogP contribution in [0.4, 0.5) is 0 Å². The van der Waals surface area contributed by atoms with Gasteiger partial charge in [-0.1, -0.05) is 35.5 Å². The molecule has 0 atom stereocenters. The molecule has 0 radical (unpaired) electrons. The Bertz CT molecular complexity index is 471. The Morgan fingerprint density at radius 2 is 1.95 bits per heavy atom. The molecular formula is C15H22ClN3O2. The Morgan fingerprint density at radius 3 is 2.52 bits per heavy atom. The quantitative estimate of drug-likeness (QED) is 0.508. The predicted octanol–water partition coefficient (Wildman–Crippen LogP) is 2.04. The van der Waals surface area contributed by atoms with Crippen LogP contribution in [0.15, 0.2) is 35.5 Å². The molecule has 0 saturated carbocycles. The molecule has 1 fully saturated rings. The summed E-state index contributed by atoms with van der Waals surface area (Å²) in [5.41, 5.74) is 1.43. The Kier molecular flexibility index (Phi) is 7.19. The Balaban J connectivity index is 0.00000220. The second kappa shape index (κ2) is 8.64. The topological polar surface area (TPSA) is 64.9 Å². The maximum absolute atomic E-state index is 11.6. The van der Waals surface area contributed by atoms with E-state index >= 15 is 0 Å². The van der Waals surface area contributed by atoms with Gasteiger partial charge in [0.1, 0.15) is 5.71 Å². The van der Waals surface area contributed by atoms with Gasteiger partial charge < -0.3 is 10.5 Å². The van der Waals surface area contributed by atoms with Gasteiger partial charge in [0.15, 0.2) is 0 Å². The predicted molar refractivity (Wildman–Crippen MR) is 85.0 cm³/mol. The highest BCUT2D eigenvalue weighted by molar-refractivity contribution is 6.37. The molecule has 1 heterocycles. The molecule has 2 N–H and O–H groups in total. The number of carbonyl (C=O) groups is 1. The molecule has 2 rings (SSSR count).